The van der Waals surface area contributed by atoms with Gasteiger partial charge in [-0.15, -0.1) is 0 Å². The van der Waals surface area contributed by atoms with E-state index in [1.165, 1.54) is 5.56 Å². The van der Waals surface area contributed by atoms with Crippen LogP contribution >= 0.6 is 11.6 Å². The van der Waals surface area contributed by atoms with Crippen LogP contribution in [-0.2, 0) is 12.8 Å². The van der Waals surface area contributed by atoms with Crippen LogP contribution in [-0.4, -0.2) is 17.3 Å². The molecule has 1 fully saturated rings. The Kier molecular flexibility index (Phi) is 2.80. The van der Waals surface area contributed by atoms with Crippen LogP contribution in [0.25, 0.3) is 0 Å². The van der Waals surface area contributed by atoms with Gasteiger partial charge in [-0.05, 0) is 36.1 Å². The molecule has 1 aromatic carbocycles. The van der Waals surface area contributed by atoms with Gasteiger partial charge in [0.05, 0.1) is 12.2 Å². The molecule has 2 nitrogen and oxygen atoms in total. The molecule has 1 aliphatic carbocycles. The Labute approximate surface area is 107 Å². The molecule has 3 heteroatoms. The van der Waals surface area contributed by atoms with Crippen LogP contribution in [0.5, 0.6) is 5.75 Å². The van der Waals surface area contributed by atoms with Gasteiger partial charge in [0.1, 0.15) is 5.75 Å². The topological polar surface area (TPSA) is 29.5 Å². The maximum Gasteiger partial charge on any atom is 0.126 e. The molecule has 0 amide bonds. The minimum Gasteiger partial charge on any atom is -0.493 e. The van der Waals surface area contributed by atoms with E-state index in [0.717, 1.165) is 55.0 Å². The predicted octanol–water partition coefficient (Wildman–Crippen LogP) is 3.12. The molecule has 0 saturated heterocycles. The van der Waals surface area contributed by atoms with E-state index < -0.39 is 5.60 Å². The smallest absolute Gasteiger partial charge is 0.126 e. The second-order valence-corrected chi connectivity index (χ2v) is 5.70. The Morgan fingerprint density at radius 1 is 1.29 bits per heavy atom. The first-order valence-electron chi connectivity index (χ1n) is 6.33. The summed E-state index contributed by atoms with van der Waals surface area (Å²) in [5, 5.41) is 11.2. The normalized spacial score (nSPS) is 21.3. The average Bonchev–Trinajstić information content (AvgIpc) is 2.86. The van der Waals surface area contributed by atoms with Crippen molar-refractivity contribution in [3.8, 4) is 5.75 Å². The third-order valence-corrected chi connectivity index (χ3v) is 4.10. The van der Waals surface area contributed by atoms with Gasteiger partial charge in [0.15, 0.2) is 0 Å². The van der Waals surface area contributed by atoms with Gasteiger partial charge in [0.2, 0.25) is 0 Å². The van der Waals surface area contributed by atoms with E-state index in [4.69, 9.17) is 16.3 Å². The first-order chi connectivity index (χ1) is 8.16. The first-order valence-corrected chi connectivity index (χ1v) is 6.71. The maximum atomic E-state index is 10.5. The Hall–Kier alpha value is -0.730. The minimum absolute atomic E-state index is 0.537. The quantitative estimate of drug-likeness (QED) is 0.876. The summed E-state index contributed by atoms with van der Waals surface area (Å²) in [7, 11) is 0. The Bertz CT molecular complexity index is 436. The largest absolute Gasteiger partial charge is 0.493 e. The minimum atomic E-state index is -0.537. The maximum absolute atomic E-state index is 10.5. The third-order valence-electron chi connectivity index (χ3n) is 3.88. The fraction of sp³-hybridized carbons (Fsp3) is 0.571. The van der Waals surface area contributed by atoms with Crippen molar-refractivity contribution in [3.63, 3.8) is 0 Å². The van der Waals surface area contributed by atoms with Crippen LogP contribution < -0.4 is 4.74 Å². The first kappa shape index (κ1) is 11.4. The molecule has 0 aromatic heterocycles. The van der Waals surface area contributed by atoms with Crippen molar-refractivity contribution in [2.45, 2.75) is 44.1 Å². The highest BCUT2D eigenvalue weighted by Crippen LogP contribution is 2.39. The number of rotatable bonds is 2. The molecule has 0 atom stereocenters. The van der Waals surface area contributed by atoms with Gasteiger partial charge in [-0.2, -0.15) is 0 Å². The van der Waals surface area contributed by atoms with Crippen LogP contribution in [0, 0.1) is 0 Å². The van der Waals surface area contributed by atoms with Gasteiger partial charge in [0, 0.05) is 17.9 Å². The van der Waals surface area contributed by atoms with Crippen LogP contribution in [0.1, 0.15) is 36.8 Å². The summed E-state index contributed by atoms with van der Waals surface area (Å²) < 4.78 is 5.67. The van der Waals surface area contributed by atoms with E-state index in [1.807, 2.05) is 12.1 Å². The molecule has 1 saturated carbocycles. The van der Waals surface area contributed by atoms with Crippen molar-refractivity contribution in [1.29, 1.82) is 0 Å². The molecular formula is C14H17ClO2. The highest BCUT2D eigenvalue weighted by molar-refractivity contribution is 6.30. The lowest BCUT2D eigenvalue weighted by atomic mass is 9.91. The summed E-state index contributed by atoms with van der Waals surface area (Å²) in [5.74, 6) is 0.967. The lowest BCUT2D eigenvalue weighted by Gasteiger charge is -2.23. The summed E-state index contributed by atoms with van der Waals surface area (Å²) in [6, 6.07) is 3.92. The number of halogens is 1. The lowest BCUT2D eigenvalue weighted by Crippen LogP contribution is -2.27. The van der Waals surface area contributed by atoms with Crippen molar-refractivity contribution >= 4 is 11.6 Å². The summed E-state index contributed by atoms with van der Waals surface area (Å²) in [5.41, 5.74) is 1.73. The van der Waals surface area contributed by atoms with Gasteiger partial charge >= 0.3 is 0 Å². The summed E-state index contributed by atoms with van der Waals surface area (Å²) in [6.45, 7) is 0.737. The van der Waals surface area contributed by atoms with E-state index in [1.54, 1.807) is 0 Å². The lowest BCUT2D eigenvalue weighted by molar-refractivity contribution is 0.0476. The number of hydrogen-bond donors (Lipinski definition) is 1. The predicted molar refractivity (Wildman–Crippen MR) is 67.8 cm³/mol. The molecule has 92 valence electrons. The summed E-state index contributed by atoms with van der Waals surface area (Å²) >= 11 is 6.12. The SMILES string of the molecule is OC1(Cc2cc(Cl)cc3c2OCC3)CCCC1. The Balaban J connectivity index is 1.92. The molecule has 1 heterocycles. The average molecular weight is 253 g/mol. The Morgan fingerprint density at radius 2 is 2.06 bits per heavy atom. The summed E-state index contributed by atoms with van der Waals surface area (Å²) in [6.07, 6.45) is 5.65. The van der Waals surface area contributed by atoms with Crippen LogP contribution in [0.15, 0.2) is 12.1 Å². The highest BCUT2D eigenvalue weighted by atomic mass is 35.5. The van der Waals surface area contributed by atoms with Gasteiger partial charge in [-0.3, -0.25) is 0 Å². The number of hydrogen-bond acceptors (Lipinski definition) is 2. The molecule has 0 radical (unpaired) electrons. The zero-order chi connectivity index (χ0) is 11.9. The standard InChI is InChI=1S/C14H17ClO2/c15-12-7-10-3-6-17-13(10)11(8-12)9-14(16)4-1-2-5-14/h7-8,16H,1-6,9H2. The van der Waals surface area contributed by atoms with Crippen LogP contribution in [0.3, 0.4) is 0 Å². The number of ether oxygens (including phenoxy) is 1. The molecule has 3 rings (SSSR count). The van der Waals surface area contributed by atoms with Crippen molar-refractivity contribution < 1.29 is 9.84 Å². The number of aliphatic hydroxyl groups is 1. The van der Waals surface area contributed by atoms with Crippen LogP contribution in [0.4, 0.5) is 0 Å². The van der Waals surface area contributed by atoms with Crippen molar-refractivity contribution in [3.05, 3.63) is 28.3 Å². The van der Waals surface area contributed by atoms with E-state index in [9.17, 15) is 5.11 Å². The second-order valence-electron chi connectivity index (χ2n) is 5.26. The number of fused-ring (bicyclic) bond motifs is 1. The Morgan fingerprint density at radius 3 is 2.82 bits per heavy atom. The molecular weight excluding hydrogens is 236 g/mol. The van der Waals surface area contributed by atoms with E-state index in [-0.39, 0.29) is 0 Å². The van der Waals surface area contributed by atoms with E-state index in [2.05, 4.69) is 0 Å². The van der Waals surface area contributed by atoms with E-state index in [0.29, 0.717) is 6.42 Å². The molecule has 2 aliphatic rings. The zero-order valence-electron chi connectivity index (χ0n) is 9.84. The molecule has 17 heavy (non-hydrogen) atoms. The van der Waals surface area contributed by atoms with Gasteiger partial charge in [0.25, 0.3) is 0 Å². The van der Waals surface area contributed by atoms with Gasteiger partial charge in [-0.1, -0.05) is 24.4 Å². The summed E-state index contributed by atoms with van der Waals surface area (Å²) in [4.78, 5) is 0. The van der Waals surface area contributed by atoms with Gasteiger partial charge in [-0.25, -0.2) is 0 Å². The molecule has 1 aromatic rings. The number of benzene rings is 1. The van der Waals surface area contributed by atoms with E-state index >= 15 is 0 Å². The second kappa shape index (κ2) is 4.18. The fourth-order valence-electron chi connectivity index (χ4n) is 3.04. The van der Waals surface area contributed by atoms with Gasteiger partial charge < -0.3 is 9.84 Å². The molecule has 1 aliphatic heterocycles. The zero-order valence-corrected chi connectivity index (χ0v) is 10.6. The molecule has 0 bridgehead atoms. The van der Waals surface area contributed by atoms with Crippen molar-refractivity contribution in [1.82, 2.24) is 0 Å². The molecule has 1 N–H and O–H groups in total. The van der Waals surface area contributed by atoms with Crippen molar-refractivity contribution in [2.24, 2.45) is 0 Å². The molecule has 0 unspecified atom stereocenters. The van der Waals surface area contributed by atoms with Crippen molar-refractivity contribution in [2.75, 3.05) is 6.61 Å². The fourth-order valence-corrected chi connectivity index (χ4v) is 3.31. The molecule has 0 spiro atoms. The monoisotopic (exact) mass is 252 g/mol. The third kappa shape index (κ3) is 2.16. The van der Waals surface area contributed by atoms with Crippen LogP contribution in [0.2, 0.25) is 5.02 Å². The highest BCUT2D eigenvalue weighted by Gasteiger charge is 2.33.